The molecule has 0 aliphatic rings. The third kappa shape index (κ3) is 7.53. The zero-order chi connectivity index (χ0) is 38.9. The molecule has 0 fully saturated rings. The molecule has 9 rings (SSSR count). The van der Waals surface area contributed by atoms with Crippen LogP contribution in [0.4, 0.5) is 68.2 Å². The SMILES string of the molecule is c1cncc(N(c2ccncc2)c2ccc(N(c3ccc(N(c4ccncc4)c4ccncc4)cc3)c3ccc(N(c4ccncc4)c4ccncc4)cc3)cc2)c1. The van der Waals surface area contributed by atoms with E-state index in [1.165, 1.54) is 0 Å². The minimum absolute atomic E-state index is 0.949. The lowest BCUT2D eigenvalue weighted by Gasteiger charge is -2.30. The Kier molecular flexibility index (Phi) is 10.2. The van der Waals surface area contributed by atoms with Crippen molar-refractivity contribution in [2.45, 2.75) is 0 Å². The molecule has 10 nitrogen and oxygen atoms in total. The standard InChI is InChI=1S/C48H36N10/c1-2-48(36-54-25-1)58(47-23-34-53-35-24-47)42-13-11-39(12-14-42)55(37-3-7-40(8-4-37)56(43-15-26-49-27-16-43)44-17-28-50-29-18-44)38-5-9-41(10-6-38)57(45-19-30-51-31-20-45)46-21-32-52-33-22-46/h1-36H. The van der Waals surface area contributed by atoms with Gasteiger partial charge in [0.15, 0.2) is 0 Å². The smallest absolute Gasteiger partial charge is 0.0644 e. The molecule has 0 spiro atoms. The first-order chi connectivity index (χ1) is 28.8. The molecule has 0 radical (unpaired) electrons. The van der Waals surface area contributed by atoms with Crippen LogP contribution in [0.3, 0.4) is 0 Å². The zero-order valence-electron chi connectivity index (χ0n) is 31.3. The summed E-state index contributed by atoms with van der Waals surface area (Å²) in [7, 11) is 0. The number of anilines is 12. The first-order valence-corrected chi connectivity index (χ1v) is 18.7. The Bertz CT molecular complexity index is 2220. The highest BCUT2D eigenvalue weighted by Crippen LogP contribution is 2.42. The number of pyridine rings is 6. The molecule has 0 saturated carbocycles. The summed E-state index contributed by atoms with van der Waals surface area (Å²) in [5.41, 5.74) is 11.9. The molecule has 58 heavy (non-hydrogen) atoms. The fraction of sp³-hybridized carbons (Fsp3) is 0. The average Bonchev–Trinajstić information content (AvgIpc) is 3.30. The van der Waals surface area contributed by atoms with Crippen LogP contribution in [-0.2, 0) is 0 Å². The van der Waals surface area contributed by atoms with E-state index in [9.17, 15) is 0 Å². The molecule has 6 heterocycles. The molecular formula is C48H36N10. The normalized spacial score (nSPS) is 10.8. The number of hydrogen-bond donors (Lipinski definition) is 0. The van der Waals surface area contributed by atoms with Gasteiger partial charge in [-0.2, -0.15) is 0 Å². The van der Waals surface area contributed by atoms with Crippen molar-refractivity contribution >= 4 is 68.2 Å². The Labute approximate surface area is 336 Å². The van der Waals surface area contributed by atoms with E-state index in [0.717, 1.165) is 68.2 Å². The molecule has 9 aromatic rings. The van der Waals surface area contributed by atoms with Crippen molar-refractivity contribution in [3.05, 3.63) is 220 Å². The molecule has 0 aliphatic carbocycles. The third-order valence-electron chi connectivity index (χ3n) is 9.61. The van der Waals surface area contributed by atoms with Crippen molar-refractivity contribution in [1.82, 2.24) is 29.9 Å². The molecule has 0 atom stereocenters. The van der Waals surface area contributed by atoms with Crippen molar-refractivity contribution in [3.63, 3.8) is 0 Å². The van der Waals surface area contributed by atoms with Crippen LogP contribution in [0.2, 0.25) is 0 Å². The summed E-state index contributed by atoms with van der Waals surface area (Å²) in [5, 5.41) is 0. The number of nitrogens with zero attached hydrogens (tertiary/aromatic N) is 10. The Morgan fingerprint density at radius 3 is 0.603 bits per heavy atom. The lowest BCUT2D eigenvalue weighted by Crippen LogP contribution is -2.14. The fourth-order valence-electron chi connectivity index (χ4n) is 6.99. The molecule has 0 amide bonds. The van der Waals surface area contributed by atoms with Gasteiger partial charge in [0.2, 0.25) is 0 Å². The van der Waals surface area contributed by atoms with E-state index in [2.05, 4.69) is 128 Å². The summed E-state index contributed by atoms with van der Waals surface area (Å²) in [6.45, 7) is 0. The summed E-state index contributed by atoms with van der Waals surface area (Å²) in [5.74, 6) is 0. The highest BCUT2D eigenvalue weighted by Gasteiger charge is 2.19. The van der Waals surface area contributed by atoms with Gasteiger partial charge in [-0.25, -0.2) is 0 Å². The molecule has 0 unspecified atom stereocenters. The predicted octanol–water partition coefficient (Wildman–Crippen LogP) is 11.9. The van der Waals surface area contributed by atoms with Crippen molar-refractivity contribution in [1.29, 1.82) is 0 Å². The number of rotatable bonds is 12. The van der Waals surface area contributed by atoms with E-state index >= 15 is 0 Å². The second-order valence-corrected chi connectivity index (χ2v) is 13.1. The van der Waals surface area contributed by atoms with Crippen molar-refractivity contribution < 1.29 is 0 Å². The lowest BCUT2D eigenvalue weighted by molar-refractivity contribution is 1.20. The van der Waals surface area contributed by atoms with Gasteiger partial charge in [0.1, 0.15) is 0 Å². The van der Waals surface area contributed by atoms with Gasteiger partial charge in [0.25, 0.3) is 0 Å². The maximum absolute atomic E-state index is 4.41. The molecule has 10 heteroatoms. The van der Waals surface area contributed by atoms with Gasteiger partial charge in [0.05, 0.1) is 11.9 Å². The number of benzene rings is 3. The molecule has 0 saturated heterocycles. The monoisotopic (exact) mass is 752 g/mol. The maximum atomic E-state index is 4.41. The van der Waals surface area contributed by atoms with Crippen LogP contribution >= 0.6 is 0 Å². The molecule has 0 N–H and O–H groups in total. The molecule has 0 aliphatic heterocycles. The van der Waals surface area contributed by atoms with Crippen LogP contribution in [-0.4, -0.2) is 29.9 Å². The predicted molar refractivity (Wildman–Crippen MR) is 232 cm³/mol. The summed E-state index contributed by atoms with van der Waals surface area (Å²) in [6.07, 6.45) is 21.7. The first-order valence-electron chi connectivity index (χ1n) is 18.7. The molecular weight excluding hydrogens is 717 g/mol. The van der Waals surface area contributed by atoms with Crippen LogP contribution < -0.4 is 19.6 Å². The highest BCUT2D eigenvalue weighted by molar-refractivity contribution is 5.84. The van der Waals surface area contributed by atoms with Gasteiger partial charge in [-0.05, 0) is 146 Å². The summed E-state index contributed by atoms with van der Waals surface area (Å²) in [6, 6.07) is 49.9. The molecule has 6 aromatic heterocycles. The average molecular weight is 753 g/mol. The van der Waals surface area contributed by atoms with E-state index < -0.39 is 0 Å². The minimum atomic E-state index is 0.949. The van der Waals surface area contributed by atoms with E-state index in [4.69, 9.17) is 0 Å². The van der Waals surface area contributed by atoms with Crippen molar-refractivity contribution in [2.24, 2.45) is 0 Å². The maximum Gasteiger partial charge on any atom is 0.0644 e. The van der Waals surface area contributed by atoms with E-state index in [0.29, 0.717) is 0 Å². The minimum Gasteiger partial charge on any atom is -0.310 e. The topological polar surface area (TPSA) is 90.3 Å². The quantitative estimate of drug-likeness (QED) is 0.120. The van der Waals surface area contributed by atoms with Crippen LogP contribution in [0, 0.1) is 0 Å². The second kappa shape index (κ2) is 16.6. The summed E-state index contributed by atoms with van der Waals surface area (Å²) in [4.78, 5) is 34.5. The molecule has 278 valence electrons. The fourth-order valence-corrected chi connectivity index (χ4v) is 6.99. The molecule has 3 aromatic carbocycles. The number of hydrogen-bond acceptors (Lipinski definition) is 10. The third-order valence-corrected chi connectivity index (χ3v) is 9.61. The lowest BCUT2D eigenvalue weighted by atomic mass is 10.1. The molecule has 0 bridgehead atoms. The van der Waals surface area contributed by atoms with Gasteiger partial charge in [-0.15, -0.1) is 0 Å². The zero-order valence-corrected chi connectivity index (χ0v) is 31.3. The Morgan fingerprint density at radius 2 is 0.397 bits per heavy atom. The van der Waals surface area contributed by atoms with Crippen LogP contribution in [0.5, 0.6) is 0 Å². The summed E-state index contributed by atoms with van der Waals surface area (Å²) >= 11 is 0. The Hall–Kier alpha value is -8.24. The number of aromatic nitrogens is 6. The van der Waals surface area contributed by atoms with Gasteiger partial charge in [0, 0.05) is 131 Å². The Morgan fingerprint density at radius 1 is 0.190 bits per heavy atom. The van der Waals surface area contributed by atoms with Crippen molar-refractivity contribution in [3.8, 4) is 0 Å². The van der Waals surface area contributed by atoms with Crippen LogP contribution in [0.1, 0.15) is 0 Å². The largest absolute Gasteiger partial charge is 0.310 e. The summed E-state index contributed by atoms with van der Waals surface area (Å²) < 4.78 is 0. The van der Waals surface area contributed by atoms with Gasteiger partial charge in [-0.3, -0.25) is 29.9 Å². The van der Waals surface area contributed by atoms with Gasteiger partial charge in [-0.1, -0.05) is 0 Å². The second-order valence-electron chi connectivity index (χ2n) is 13.1. The van der Waals surface area contributed by atoms with Gasteiger partial charge < -0.3 is 19.6 Å². The van der Waals surface area contributed by atoms with E-state index in [-0.39, 0.29) is 0 Å². The van der Waals surface area contributed by atoms with E-state index in [1.54, 1.807) is 18.6 Å². The Balaban J connectivity index is 1.13. The highest BCUT2D eigenvalue weighted by atomic mass is 15.2. The van der Waals surface area contributed by atoms with E-state index in [1.807, 2.05) is 123 Å². The van der Waals surface area contributed by atoms with Crippen LogP contribution in [0.15, 0.2) is 220 Å². The first kappa shape index (κ1) is 35.5. The van der Waals surface area contributed by atoms with Crippen molar-refractivity contribution in [2.75, 3.05) is 19.6 Å². The van der Waals surface area contributed by atoms with Gasteiger partial charge >= 0.3 is 0 Å². The van der Waals surface area contributed by atoms with Crippen LogP contribution in [0.25, 0.3) is 0 Å².